The standard InChI is InChI=1S/C16H21NO/c1-2-5-11-8-14(17)16-13-7-4-3-6-12(13)10-18-15(16)9-11/h2-4,6-7,9,12-16H,1,5,8,10,17H2. The van der Waals surface area contributed by atoms with Gasteiger partial charge in [-0.3, -0.25) is 0 Å². The molecule has 0 spiro atoms. The van der Waals surface area contributed by atoms with Crippen molar-refractivity contribution < 1.29 is 4.74 Å². The lowest BCUT2D eigenvalue weighted by Crippen LogP contribution is -2.51. The summed E-state index contributed by atoms with van der Waals surface area (Å²) < 4.78 is 6.02. The Bertz CT molecular complexity index is 421. The van der Waals surface area contributed by atoms with E-state index >= 15 is 0 Å². The van der Waals surface area contributed by atoms with Crippen LogP contribution in [0.5, 0.6) is 0 Å². The van der Waals surface area contributed by atoms with Crippen molar-refractivity contribution >= 4 is 0 Å². The van der Waals surface area contributed by atoms with Gasteiger partial charge in [0.2, 0.25) is 0 Å². The van der Waals surface area contributed by atoms with E-state index in [-0.39, 0.29) is 12.1 Å². The molecule has 0 radical (unpaired) electrons. The van der Waals surface area contributed by atoms with Crippen LogP contribution in [-0.2, 0) is 4.74 Å². The lowest BCUT2D eigenvalue weighted by Gasteiger charge is -2.46. The minimum atomic E-state index is 0.195. The monoisotopic (exact) mass is 243 g/mol. The van der Waals surface area contributed by atoms with E-state index in [9.17, 15) is 0 Å². The third-order valence-corrected chi connectivity index (χ3v) is 4.40. The van der Waals surface area contributed by atoms with Crippen molar-refractivity contribution in [2.75, 3.05) is 6.61 Å². The zero-order valence-corrected chi connectivity index (χ0v) is 10.7. The maximum Gasteiger partial charge on any atom is 0.0807 e. The third-order valence-electron chi connectivity index (χ3n) is 4.40. The molecule has 0 bridgehead atoms. The van der Waals surface area contributed by atoms with E-state index in [4.69, 9.17) is 10.5 Å². The molecule has 1 heterocycles. The molecule has 96 valence electrons. The van der Waals surface area contributed by atoms with Gasteiger partial charge in [0.15, 0.2) is 0 Å². The van der Waals surface area contributed by atoms with Crippen LogP contribution in [0.1, 0.15) is 12.8 Å². The van der Waals surface area contributed by atoms with E-state index in [2.05, 4.69) is 37.0 Å². The molecule has 2 heteroatoms. The minimum Gasteiger partial charge on any atom is -0.373 e. The topological polar surface area (TPSA) is 35.2 Å². The first-order chi connectivity index (χ1) is 8.79. The highest BCUT2D eigenvalue weighted by Crippen LogP contribution is 2.41. The highest BCUT2D eigenvalue weighted by Gasteiger charge is 2.42. The van der Waals surface area contributed by atoms with Gasteiger partial charge in [-0.1, -0.05) is 42.0 Å². The Labute approximate surface area is 109 Å². The zero-order valence-electron chi connectivity index (χ0n) is 10.7. The van der Waals surface area contributed by atoms with Crippen LogP contribution < -0.4 is 5.73 Å². The number of fused-ring (bicyclic) bond motifs is 3. The van der Waals surface area contributed by atoms with E-state index in [1.165, 1.54) is 5.57 Å². The summed E-state index contributed by atoms with van der Waals surface area (Å²) in [6.07, 6.45) is 15.2. The van der Waals surface area contributed by atoms with Crippen LogP contribution >= 0.6 is 0 Å². The number of nitrogens with two attached hydrogens (primary N) is 1. The Morgan fingerprint density at radius 2 is 2.22 bits per heavy atom. The number of hydrogen-bond donors (Lipinski definition) is 1. The van der Waals surface area contributed by atoms with E-state index in [0.717, 1.165) is 19.4 Å². The minimum absolute atomic E-state index is 0.195. The quantitative estimate of drug-likeness (QED) is 0.757. The summed E-state index contributed by atoms with van der Waals surface area (Å²) in [6, 6.07) is 0.207. The van der Waals surface area contributed by atoms with Crippen LogP contribution in [0.3, 0.4) is 0 Å². The second-order valence-corrected chi connectivity index (χ2v) is 5.57. The normalized spacial score (nSPS) is 41.8. The van der Waals surface area contributed by atoms with Crippen LogP contribution in [0, 0.1) is 17.8 Å². The predicted octanol–water partition coefficient (Wildman–Crippen LogP) is 2.59. The van der Waals surface area contributed by atoms with Crippen LogP contribution in [-0.4, -0.2) is 18.8 Å². The van der Waals surface area contributed by atoms with Crippen molar-refractivity contribution in [1.82, 2.24) is 0 Å². The van der Waals surface area contributed by atoms with Gasteiger partial charge in [-0.2, -0.15) is 0 Å². The molecule has 1 saturated heterocycles. The van der Waals surface area contributed by atoms with E-state index < -0.39 is 0 Å². The smallest absolute Gasteiger partial charge is 0.0807 e. The molecule has 2 nitrogen and oxygen atoms in total. The molecule has 3 rings (SSSR count). The van der Waals surface area contributed by atoms with Crippen LogP contribution in [0.2, 0.25) is 0 Å². The molecule has 0 aromatic heterocycles. The Kier molecular flexibility index (Phi) is 3.23. The van der Waals surface area contributed by atoms with Crippen molar-refractivity contribution in [2.24, 2.45) is 23.5 Å². The van der Waals surface area contributed by atoms with Gasteiger partial charge in [0.1, 0.15) is 0 Å². The van der Waals surface area contributed by atoms with Gasteiger partial charge in [-0.05, 0) is 18.8 Å². The molecule has 18 heavy (non-hydrogen) atoms. The summed E-state index contributed by atoms with van der Waals surface area (Å²) in [5.74, 6) is 1.49. The van der Waals surface area contributed by atoms with Crippen molar-refractivity contribution in [3.8, 4) is 0 Å². The summed E-state index contributed by atoms with van der Waals surface area (Å²) in [5, 5.41) is 0. The first-order valence-electron chi connectivity index (χ1n) is 6.82. The molecule has 0 amide bonds. The molecule has 2 N–H and O–H groups in total. The fraction of sp³-hybridized carbons (Fsp3) is 0.500. The van der Waals surface area contributed by atoms with Gasteiger partial charge < -0.3 is 10.5 Å². The molecule has 0 saturated carbocycles. The van der Waals surface area contributed by atoms with Crippen LogP contribution in [0.4, 0.5) is 0 Å². The van der Waals surface area contributed by atoms with E-state index in [0.29, 0.717) is 17.8 Å². The second kappa shape index (κ2) is 4.87. The predicted molar refractivity (Wildman–Crippen MR) is 74.0 cm³/mol. The highest BCUT2D eigenvalue weighted by molar-refractivity contribution is 5.24. The molecule has 1 fully saturated rings. The summed E-state index contributed by atoms with van der Waals surface area (Å²) in [4.78, 5) is 0. The third kappa shape index (κ3) is 2.00. The molecule has 2 aliphatic carbocycles. The van der Waals surface area contributed by atoms with Gasteiger partial charge in [0.05, 0.1) is 12.7 Å². The Morgan fingerprint density at radius 1 is 1.39 bits per heavy atom. The average Bonchev–Trinajstić information content (AvgIpc) is 2.38. The van der Waals surface area contributed by atoms with E-state index in [1.807, 2.05) is 6.08 Å². The van der Waals surface area contributed by atoms with Crippen molar-refractivity contribution in [2.45, 2.75) is 25.0 Å². The lowest BCUT2D eigenvalue weighted by atomic mass is 9.68. The molecular weight excluding hydrogens is 222 g/mol. The van der Waals surface area contributed by atoms with Crippen LogP contribution in [0.25, 0.3) is 0 Å². The van der Waals surface area contributed by atoms with Gasteiger partial charge >= 0.3 is 0 Å². The van der Waals surface area contributed by atoms with Gasteiger partial charge in [0, 0.05) is 17.9 Å². The summed E-state index contributed by atoms with van der Waals surface area (Å²) >= 11 is 0. The average molecular weight is 243 g/mol. The molecule has 3 aliphatic rings. The fourth-order valence-electron chi connectivity index (χ4n) is 3.57. The van der Waals surface area contributed by atoms with Crippen molar-refractivity contribution in [3.05, 3.63) is 48.6 Å². The number of hydrogen-bond acceptors (Lipinski definition) is 2. The number of ether oxygens (including phenoxy) is 1. The molecule has 0 aromatic carbocycles. The maximum absolute atomic E-state index is 6.40. The molecule has 0 aromatic rings. The second-order valence-electron chi connectivity index (χ2n) is 5.57. The van der Waals surface area contributed by atoms with E-state index in [1.54, 1.807) is 0 Å². The molecule has 5 unspecified atom stereocenters. The van der Waals surface area contributed by atoms with Crippen molar-refractivity contribution in [3.63, 3.8) is 0 Å². The Hall–Kier alpha value is -1.12. The summed E-state index contributed by atoms with van der Waals surface area (Å²) in [5.41, 5.74) is 7.79. The van der Waals surface area contributed by atoms with Gasteiger partial charge in [-0.25, -0.2) is 0 Å². The van der Waals surface area contributed by atoms with Crippen molar-refractivity contribution in [1.29, 1.82) is 0 Å². The van der Waals surface area contributed by atoms with Gasteiger partial charge in [0.25, 0.3) is 0 Å². The number of rotatable bonds is 2. The first kappa shape index (κ1) is 11.9. The van der Waals surface area contributed by atoms with Gasteiger partial charge in [-0.15, -0.1) is 6.58 Å². The number of allylic oxidation sites excluding steroid dienone is 4. The zero-order chi connectivity index (χ0) is 12.5. The summed E-state index contributed by atoms with van der Waals surface area (Å²) in [7, 11) is 0. The molecular formula is C16H21NO. The van der Waals surface area contributed by atoms with Crippen LogP contribution in [0.15, 0.2) is 48.6 Å². The first-order valence-corrected chi connectivity index (χ1v) is 6.82. The molecule has 5 atom stereocenters. The largest absolute Gasteiger partial charge is 0.373 e. The summed E-state index contributed by atoms with van der Waals surface area (Å²) in [6.45, 7) is 4.62. The fourth-order valence-corrected chi connectivity index (χ4v) is 3.57. The Balaban J connectivity index is 1.85. The highest BCUT2D eigenvalue weighted by atomic mass is 16.5. The molecule has 1 aliphatic heterocycles. The SMILES string of the molecule is C=CCC1=CC2OCC3C=CC=CC3C2C(N)C1. The Morgan fingerprint density at radius 3 is 3.06 bits per heavy atom. The maximum atomic E-state index is 6.40. The lowest BCUT2D eigenvalue weighted by molar-refractivity contribution is -0.0550.